The van der Waals surface area contributed by atoms with Crippen LogP contribution in [0.5, 0.6) is 0 Å². The second-order valence-corrected chi connectivity index (χ2v) is 5.80. The molecule has 106 valence electrons. The van der Waals surface area contributed by atoms with Crippen LogP contribution in [0.4, 0.5) is 0 Å². The van der Waals surface area contributed by atoms with Crippen LogP contribution in [-0.2, 0) is 4.79 Å². The van der Waals surface area contributed by atoms with E-state index in [-0.39, 0.29) is 23.5 Å². The van der Waals surface area contributed by atoms with E-state index < -0.39 is 0 Å². The first-order chi connectivity index (χ1) is 8.52. The zero-order chi connectivity index (χ0) is 13.6. The first-order valence-electron chi connectivity index (χ1n) is 7.16. The van der Waals surface area contributed by atoms with E-state index in [0.29, 0.717) is 6.42 Å². The predicted octanol–water partition coefficient (Wildman–Crippen LogP) is 1.43. The van der Waals surface area contributed by atoms with E-state index in [4.69, 9.17) is 5.11 Å². The summed E-state index contributed by atoms with van der Waals surface area (Å²) in [6.07, 6.45) is 4.34. The Kier molecular flexibility index (Phi) is 5.60. The molecule has 1 rings (SSSR count). The van der Waals surface area contributed by atoms with E-state index in [1.165, 1.54) is 0 Å². The molecule has 4 nitrogen and oxygen atoms in total. The van der Waals surface area contributed by atoms with Crippen molar-refractivity contribution in [1.29, 1.82) is 0 Å². The third-order valence-corrected chi connectivity index (χ3v) is 4.31. The molecule has 1 fully saturated rings. The van der Waals surface area contributed by atoms with Gasteiger partial charge in [0.25, 0.3) is 0 Å². The third kappa shape index (κ3) is 3.45. The first kappa shape index (κ1) is 15.4. The smallest absolute Gasteiger partial charge is 0.227 e. The fraction of sp³-hybridized carbons (Fsp3) is 0.929. The molecule has 18 heavy (non-hydrogen) atoms. The van der Waals surface area contributed by atoms with Gasteiger partial charge in [-0.25, -0.2) is 0 Å². The number of carbonyl (C=O) groups is 1. The van der Waals surface area contributed by atoms with Crippen LogP contribution < -0.4 is 10.6 Å². The molecule has 1 aliphatic heterocycles. The van der Waals surface area contributed by atoms with Crippen molar-refractivity contribution in [1.82, 2.24) is 10.6 Å². The number of carbonyl (C=O) groups excluding carboxylic acids is 1. The zero-order valence-corrected chi connectivity index (χ0v) is 12.0. The van der Waals surface area contributed by atoms with Gasteiger partial charge in [-0.15, -0.1) is 0 Å². The quantitative estimate of drug-likeness (QED) is 0.646. The summed E-state index contributed by atoms with van der Waals surface area (Å²) in [6, 6.07) is 0. The maximum atomic E-state index is 12.6. The van der Waals surface area contributed by atoms with Crippen LogP contribution in [-0.4, -0.2) is 36.2 Å². The van der Waals surface area contributed by atoms with E-state index in [1.54, 1.807) is 0 Å². The van der Waals surface area contributed by atoms with Gasteiger partial charge in [0.1, 0.15) is 0 Å². The van der Waals surface area contributed by atoms with Gasteiger partial charge >= 0.3 is 0 Å². The largest absolute Gasteiger partial charge is 0.396 e. The first-order valence-corrected chi connectivity index (χ1v) is 7.16. The lowest BCUT2D eigenvalue weighted by atomic mass is 9.80. The molecule has 0 radical (unpaired) electrons. The summed E-state index contributed by atoms with van der Waals surface area (Å²) in [4.78, 5) is 12.6. The SMILES string of the molecule is CCCC1(C(=O)NC(C)(CC)CCO)CCNC1. The Hall–Kier alpha value is -0.610. The highest BCUT2D eigenvalue weighted by Crippen LogP contribution is 2.32. The highest BCUT2D eigenvalue weighted by Gasteiger charge is 2.42. The zero-order valence-electron chi connectivity index (χ0n) is 12.0. The van der Waals surface area contributed by atoms with Crippen LogP contribution in [0.25, 0.3) is 0 Å². The van der Waals surface area contributed by atoms with Gasteiger partial charge in [0.15, 0.2) is 0 Å². The Labute approximate surface area is 111 Å². The second kappa shape index (κ2) is 6.53. The standard InChI is InChI=1S/C14H28N2O2/c1-4-6-14(7-9-15-11-14)12(18)16-13(3,5-2)8-10-17/h15,17H,4-11H2,1-3H3,(H,16,18). The van der Waals surface area contributed by atoms with E-state index >= 15 is 0 Å². The molecule has 0 aromatic heterocycles. The molecule has 2 atom stereocenters. The molecule has 2 unspecified atom stereocenters. The summed E-state index contributed by atoms with van der Waals surface area (Å²) >= 11 is 0. The Bertz CT molecular complexity index is 275. The van der Waals surface area contributed by atoms with E-state index in [2.05, 4.69) is 24.5 Å². The van der Waals surface area contributed by atoms with Crippen molar-refractivity contribution >= 4 is 5.91 Å². The van der Waals surface area contributed by atoms with Gasteiger partial charge in [0.05, 0.1) is 5.41 Å². The van der Waals surface area contributed by atoms with Crippen LogP contribution in [0.3, 0.4) is 0 Å². The summed E-state index contributed by atoms with van der Waals surface area (Å²) in [5, 5.41) is 15.6. The summed E-state index contributed by atoms with van der Waals surface area (Å²) < 4.78 is 0. The molecule has 1 amide bonds. The Morgan fingerprint density at radius 2 is 2.22 bits per heavy atom. The van der Waals surface area contributed by atoms with Gasteiger partial charge < -0.3 is 15.7 Å². The molecule has 0 aromatic carbocycles. The van der Waals surface area contributed by atoms with Gasteiger partial charge in [-0.3, -0.25) is 4.79 Å². The molecule has 0 aromatic rings. The molecule has 1 aliphatic rings. The monoisotopic (exact) mass is 256 g/mol. The van der Waals surface area contributed by atoms with E-state index in [0.717, 1.165) is 38.8 Å². The van der Waals surface area contributed by atoms with Crippen molar-refractivity contribution in [2.24, 2.45) is 5.41 Å². The van der Waals surface area contributed by atoms with Gasteiger partial charge in [0, 0.05) is 18.7 Å². The number of nitrogens with one attached hydrogen (secondary N) is 2. The molecule has 1 saturated heterocycles. The second-order valence-electron chi connectivity index (χ2n) is 5.80. The van der Waals surface area contributed by atoms with Crippen LogP contribution in [0.2, 0.25) is 0 Å². The maximum absolute atomic E-state index is 12.6. The van der Waals surface area contributed by atoms with E-state index in [1.807, 2.05) is 6.92 Å². The minimum Gasteiger partial charge on any atom is -0.396 e. The molecule has 0 saturated carbocycles. The fourth-order valence-electron chi connectivity index (χ4n) is 2.72. The van der Waals surface area contributed by atoms with Gasteiger partial charge in [-0.1, -0.05) is 20.3 Å². The number of hydrogen-bond acceptors (Lipinski definition) is 3. The third-order valence-electron chi connectivity index (χ3n) is 4.31. The van der Waals surface area contributed by atoms with Crippen molar-refractivity contribution in [3.63, 3.8) is 0 Å². The lowest BCUT2D eigenvalue weighted by molar-refractivity contribution is -0.132. The highest BCUT2D eigenvalue weighted by molar-refractivity contribution is 5.84. The summed E-state index contributed by atoms with van der Waals surface area (Å²) in [5.74, 6) is 0.159. The van der Waals surface area contributed by atoms with Crippen LogP contribution in [0, 0.1) is 5.41 Å². The minimum absolute atomic E-state index is 0.115. The van der Waals surface area contributed by atoms with Crippen LogP contribution >= 0.6 is 0 Å². The molecule has 1 heterocycles. The molecule has 0 aliphatic carbocycles. The highest BCUT2D eigenvalue weighted by atomic mass is 16.3. The lowest BCUT2D eigenvalue weighted by Crippen LogP contribution is -2.53. The average molecular weight is 256 g/mol. The molecular weight excluding hydrogens is 228 g/mol. The number of rotatable bonds is 7. The number of hydrogen-bond donors (Lipinski definition) is 3. The van der Waals surface area contributed by atoms with E-state index in [9.17, 15) is 4.79 Å². The minimum atomic E-state index is -0.283. The van der Waals surface area contributed by atoms with Gasteiger partial charge in [-0.2, -0.15) is 0 Å². The summed E-state index contributed by atoms with van der Waals surface area (Å²) in [6.45, 7) is 8.02. The molecule has 0 bridgehead atoms. The van der Waals surface area contributed by atoms with Crippen LogP contribution in [0.15, 0.2) is 0 Å². The number of amides is 1. The topological polar surface area (TPSA) is 61.4 Å². The Morgan fingerprint density at radius 3 is 2.67 bits per heavy atom. The Balaban J connectivity index is 2.72. The van der Waals surface area contributed by atoms with Gasteiger partial charge in [0.2, 0.25) is 5.91 Å². The van der Waals surface area contributed by atoms with Crippen molar-refractivity contribution in [3.05, 3.63) is 0 Å². The predicted molar refractivity (Wildman–Crippen MR) is 73.4 cm³/mol. The number of aliphatic hydroxyl groups excluding tert-OH is 1. The summed E-state index contributed by atoms with van der Waals surface area (Å²) in [5.41, 5.74) is -0.518. The van der Waals surface area contributed by atoms with Crippen molar-refractivity contribution in [2.45, 2.75) is 58.4 Å². The fourth-order valence-corrected chi connectivity index (χ4v) is 2.72. The maximum Gasteiger partial charge on any atom is 0.227 e. The lowest BCUT2D eigenvalue weighted by Gasteiger charge is -2.35. The molecule has 0 spiro atoms. The number of aliphatic hydroxyl groups is 1. The molecular formula is C14H28N2O2. The van der Waals surface area contributed by atoms with Gasteiger partial charge in [-0.05, 0) is 39.2 Å². The van der Waals surface area contributed by atoms with Crippen LogP contribution in [0.1, 0.15) is 52.9 Å². The normalized spacial score (nSPS) is 26.9. The van der Waals surface area contributed by atoms with Crippen molar-refractivity contribution in [3.8, 4) is 0 Å². The van der Waals surface area contributed by atoms with Crippen molar-refractivity contribution in [2.75, 3.05) is 19.7 Å². The Morgan fingerprint density at radius 1 is 1.50 bits per heavy atom. The summed E-state index contributed by atoms with van der Waals surface area (Å²) in [7, 11) is 0. The molecule has 3 N–H and O–H groups in total. The average Bonchev–Trinajstić information content (AvgIpc) is 2.80. The molecule has 4 heteroatoms. The van der Waals surface area contributed by atoms with Crippen molar-refractivity contribution < 1.29 is 9.90 Å².